The van der Waals surface area contributed by atoms with Crippen LogP contribution in [0.1, 0.15) is 26.3 Å². The zero-order valence-corrected chi connectivity index (χ0v) is 19.8. The molecule has 1 saturated heterocycles. The molecule has 1 fully saturated rings. The minimum absolute atomic E-state index is 0.0235. The molecule has 8 nitrogen and oxygen atoms in total. The number of benzene rings is 2. The molecule has 0 saturated carbocycles. The van der Waals surface area contributed by atoms with E-state index in [1.165, 1.54) is 18.2 Å². The van der Waals surface area contributed by atoms with Gasteiger partial charge in [0, 0.05) is 43.8 Å². The Kier molecular flexibility index (Phi) is 8.45. The van der Waals surface area contributed by atoms with E-state index in [-0.39, 0.29) is 24.0 Å². The molecule has 1 heterocycles. The summed E-state index contributed by atoms with van der Waals surface area (Å²) in [5, 5.41) is 8.22. The van der Waals surface area contributed by atoms with Gasteiger partial charge in [0.2, 0.25) is 5.91 Å². The number of hydrogen-bond donors (Lipinski definition) is 3. The van der Waals surface area contributed by atoms with Crippen molar-refractivity contribution in [1.82, 2.24) is 20.4 Å². The van der Waals surface area contributed by atoms with Crippen molar-refractivity contribution in [1.29, 1.82) is 0 Å². The lowest BCUT2D eigenvalue weighted by atomic mass is 10.0. The first kappa shape index (κ1) is 25.0. The number of anilines is 1. The Morgan fingerprint density at radius 3 is 2.41 bits per heavy atom. The fourth-order valence-corrected chi connectivity index (χ4v) is 3.95. The maximum absolute atomic E-state index is 13.5. The standard InChI is InChI=1S/C25H32FN5O3/c1-17(2)27-25(34)31-13-12-30(16-18(31)3)23(32)22(14-19-8-5-4-6-9-19)29-24(33)28-21-11-7-10-20(26)15-21/h4-11,15,17-18,22H,12-14,16H2,1-3H3,(H,27,34)(H2,28,29,33). The molecule has 34 heavy (non-hydrogen) atoms. The lowest BCUT2D eigenvalue weighted by molar-refractivity contribution is -0.135. The number of rotatable bonds is 6. The van der Waals surface area contributed by atoms with Crippen molar-refractivity contribution < 1.29 is 18.8 Å². The number of carbonyl (C=O) groups is 3. The first-order valence-electron chi connectivity index (χ1n) is 11.5. The van der Waals surface area contributed by atoms with E-state index in [2.05, 4.69) is 16.0 Å². The van der Waals surface area contributed by atoms with E-state index < -0.39 is 17.9 Å². The van der Waals surface area contributed by atoms with E-state index in [0.717, 1.165) is 5.56 Å². The molecule has 3 N–H and O–H groups in total. The smallest absolute Gasteiger partial charge is 0.319 e. The number of nitrogens with one attached hydrogen (secondary N) is 3. The number of hydrogen-bond acceptors (Lipinski definition) is 3. The van der Waals surface area contributed by atoms with Crippen LogP contribution < -0.4 is 16.0 Å². The SMILES string of the molecule is CC(C)NC(=O)N1CCN(C(=O)C(Cc2ccccc2)NC(=O)Nc2cccc(F)c2)CC1C. The van der Waals surface area contributed by atoms with Crippen molar-refractivity contribution in [2.24, 2.45) is 0 Å². The van der Waals surface area contributed by atoms with Crippen LogP contribution in [0.25, 0.3) is 0 Å². The Labute approximate surface area is 199 Å². The van der Waals surface area contributed by atoms with Gasteiger partial charge in [0.25, 0.3) is 0 Å². The maximum Gasteiger partial charge on any atom is 0.319 e. The molecule has 2 unspecified atom stereocenters. The lowest BCUT2D eigenvalue weighted by Gasteiger charge is -2.41. The third-order valence-electron chi connectivity index (χ3n) is 5.58. The molecule has 0 bridgehead atoms. The highest BCUT2D eigenvalue weighted by Gasteiger charge is 2.33. The molecule has 0 aliphatic carbocycles. The highest BCUT2D eigenvalue weighted by Crippen LogP contribution is 2.14. The van der Waals surface area contributed by atoms with Crippen LogP contribution in [0, 0.1) is 5.82 Å². The fourth-order valence-electron chi connectivity index (χ4n) is 3.95. The topological polar surface area (TPSA) is 93.8 Å². The van der Waals surface area contributed by atoms with Gasteiger partial charge in [-0.15, -0.1) is 0 Å². The molecule has 2 aromatic carbocycles. The number of halogens is 1. The molecule has 1 aliphatic heterocycles. The summed E-state index contributed by atoms with van der Waals surface area (Å²) in [6.45, 7) is 6.83. The maximum atomic E-state index is 13.5. The first-order valence-corrected chi connectivity index (χ1v) is 11.5. The second-order valence-electron chi connectivity index (χ2n) is 8.78. The summed E-state index contributed by atoms with van der Waals surface area (Å²) in [6, 6.07) is 13.3. The van der Waals surface area contributed by atoms with Crippen LogP contribution in [0.3, 0.4) is 0 Å². The normalized spacial score (nSPS) is 16.7. The number of amides is 5. The molecule has 3 rings (SSSR count). The Hall–Kier alpha value is -3.62. The van der Waals surface area contributed by atoms with E-state index in [1.54, 1.807) is 15.9 Å². The molecule has 2 aromatic rings. The summed E-state index contributed by atoms with van der Waals surface area (Å²) >= 11 is 0. The summed E-state index contributed by atoms with van der Waals surface area (Å²) in [5.74, 6) is -0.697. The van der Waals surface area contributed by atoms with Crippen molar-refractivity contribution in [3.63, 3.8) is 0 Å². The Balaban J connectivity index is 1.69. The van der Waals surface area contributed by atoms with Crippen LogP contribution in [0.15, 0.2) is 54.6 Å². The summed E-state index contributed by atoms with van der Waals surface area (Å²) in [5.41, 5.74) is 1.19. The van der Waals surface area contributed by atoms with Gasteiger partial charge >= 0.3 is 12.1 Å². The van der Waals surface area contributed by atoms with Crippen LogP contribution >= 0.6 is 0 Å². The van der Waals surface area contributed by atoms with E-state index in [1.807, 2.05) is 51.1 Å². The van der Waals surface area contributed by atoms with Crippen LogP contribution in [0.4, 0.5) is 19.7 Å². The van der Waals surface area contributed by atoms with Crippen molar-refractivity contribution in [3.8, 4) is 0 Å². The predicted molar refractivity (Wildman–Crippen MR) is 129 cm³/mol. The van der Waals surface area contributed by atoms with Gasteiger partial charge in [0.05, 0.1) is 0 Å². The van der Waals surface area contributed by atoms with Gasteiger partial charge in [0.15, 0.2) is 0 Å². The predicted octanol–water partition coefficient (Wildman–Crippen LogP) is 3.21. The molecular formula is C25H32FN5O3. The van der Waals surface area contributed by atoms with E-state index in [9.17, 15) is 18.8 Å². The summed E-state index contributed by atoms with van der Waals surface area (Å²) in [4.78, 5) is 41.9. The zero-order chi connectivity index (χ0) is 24.7. The average Bonchev–Trinajstić information content (AvgIpc) is 2.78. The quantitative estimate of drug-likeness (QED) is 0.607. The Bertz CT molecular complexity index is 1000. The van der Waals surface area contributed by atoms with Gasteiger partial charge in [-0.3, -0.25) is 4.79 Å². The van der Waals surface area contributed by atoms with Crippen LogP contribution in [-0.2, 0) is 11.2 Å². The largest absolute Gasteiger partial charge is 0.337 e. The number of piperazine rings is 1. The third-order valence-corrected chi connectivity index (χ3v) is 5.58. The molecule has 0 radical (unpaired) electrons. The van der Waals surface area contributed by atoms with E-state index >= 15 is 0 Å². The molecule has 0 aromatic heterocycles. The molecule has 9 heteroatoms. The minimum Gasteiger partial charge on any atom is -0.337 e. The summed E-state index contributed by atoms with van der Waals surface area (Å²) < 4.78 is 13.5. The van der Waals surface area contributed by atoms with Crippen molar-refractivity contribution in [2.75, 3.05) is 25.0 Å². The highest BCUT2D eigenvalue weighted by atomic mass is 19.1. The molecular weight excluding hydrogens is 437 g/mol. The number of urea groups is 2. The Morgan fingerprint density at radius 2 is 1.76 bits per heavy atom. The first-order chi connectivity index (χ1) is 16.2. The molecule has 0 spiro atoms. The van der Waals surface area contributed by atoms with Crippen LogP contribution in [-0.4, -0.2) is 65.5 Å². The summed E-state index contributed by atoms with van der Waals surface area (Å²) in [7, 11) is 0. The zero-order valence-electron chi connectivity index (χ0n) is 19.8. The van der Waals surface area contributed by atoms with Crippen molar-refractivity contribution in [2.45, 2.75) is 45.3 Å². The van der Waals surface area contributed by atoms with E-state index in [4.69, 9.17) is 0 Å². The second-order valence-corrected chi connectivity index (χ2v) is 8.78. The number of carbonyl (C=O) groups excluding carboxylic acids is 3. The molecule has 1 aliphatic rings. The third kappa shape index (κ3) is 6.94. The van der Waals surface area contributed by atoms with Crippen LogP contribution in [0.2, 0.25) is 0 Å². The average molecular weight is 470 g/mol. The highest BCUT2D eigenvalue weighted by molar-refractivity contribution is 5.94. The van der Waals surface area contributed by atoms with Gasteiger partial charge < -0.3 is 25.8 Å². The minimum atomic E-state index is -0.820. The second kappa shape index (κ2) is 11.5. The lowest BCUT2D eigenvalue weighted by Crippen LogP contribution is -2.61. The monoisotopic (exact) mass is 469 g/mol. The van der Waals surface area contributed by atoms with Gasteiger partial charge in [-0.1, -0.05) is 36.4 Å². The summed E-state index contributed by atoms with van der Waals surface area (Å²) in [6.07, 6.45) is 0.304. The van der Waals surface area contributed by atoms with E-state index in [0.29, 0.717) is 31.7 Å². The molecule has 5 amide bonds. The molecule has 2 atom stereocenters. The van der Waals surface area contributed by atoms with Gasteiger partial charge in [0.1, 0.15) is 11.9 Å². The van der Waals surface area contributed by atoms with Gasteiger partial charge in [-0.25, -0.2) is 14.0 Å². The van der Waals surface area contributed by atoms with Crippen molar-refractivity contribution in [3.05, 3.63) is 66.0 Å². The van der Waals surface area contributed by atoms with Gasteiger partial charge in [-0.05, 0) is 44.5 Å². The Morgan fingerprint density at radius 1 is 1.03 bits per heavy atom. The fraction of sp³-hybridized carbons (Fsp3) is 0.400. The van der Waals surface area contributed by atoms with Crippen molar-refractivity contribution >= 4 is 23.7 Å². The molecule has 182 valence electrons. The van der Waals surface area contributed by atoms with Crippen LogP contribution in [0.5, 0.6) is 0 Å². The van der Waals surface area contributed by atoms with Gasteiger partial charge in [-0.2, -0.15) is 0 Å². The number of nitrogens with zero attached hydrogens (tertiary/aromatic N) is 2.